The van der Waals surface area contributed by atoms with Crippen molar-refractivity contribution in [1.29, 1.82) is 0 Å². The fourth-order valence-corrected chi connectivity index (χ4v) is 2.36. The summed E-state index contributed by atoms with van der Waals surface area (Å²) >= 11 is 0. The number of aliphatic hydroxyl groups is 2. The molecule has 1 aliphatic carbocycles. The Morgan fingerprint density at radius 1 is 1.25 bits per heavy atom. The molecule has 1 saturated carbocycles. The third kappa shape index (κ3) is 2.46. The van der Waals surface area contributed by atoms with E-state index < -0.39 is 0 Å². The van der Waals surface area contributed by atoms with E-state index in [1.54, 1.807) is 0 Å². The molecular formula is C10H20O2. The lowest BCUT2D eigenvalue weighted by Crippen LogP contribution is -2.28. The lowest BCUT2D eigenvalue weighted by atomic mass is 9.75. The Morgan fingerprint density at radius 2 is 2.00 bits per heavy atom. The molecule has 1 rings (SSSR count). The molecule has 0 aromatic rings. The van der Waals surface area contributed by atoms with Gasteiger partial charge in [0.15, 0.2) is 0 Å². The molecule has 3 atom stereocenters. The molecule has 0 spiro atoms. The number of hydrogen-bond acceptors (Lipinski definition) is 2. The van der Waals surface area contributed by atoms with E-state index in [1.807, 2.05) is 0 Å². The lowest BCUT2D eigenvalue weighted by Gasteiger charge is -2.33. The first-order valence-corrected chi connectivity index (χ1v) is 5.06. The molecule has 2 N–H and O–H groups in total. The minimum atomic E-state index is -0.107. The standard InChI is InChI=1S/C10H20O2/c1-2-8-3-4-10(12)7-9(8)5-6-11/h8-12H,2-7H2,1H3. The normalized spacial score (nSPS) is 36.8. The summed E-state index contributed by atoms with van der Waals surface area (Å²) in [6.07, 6.45) is 4.96. The molecule has 1 fully saturated rings. The van der Waals surface area contributed by atoms with Crippen molar-refractivity contribution in [2.45, 2.75) is 45.1 Å². The van der Waals surface area contributed by atoms with Crippen molar-refractivity contribution in [3.63, 3.8) is 0 Å². The number of rotatable bonds is 3. The van der Waals surface area contributed by atoms with Gasteiger partial charge in [-0.05, 0) is 37.5 Å². The summed E-state index contributed by atoms with van der Waals surface area (Å²) < 4.78 is 0. The van der Waals surface area contributed by atoms with Crippen LogP contribution in [0.25, 0.3) is 0 Å². The van der Waals surface area contributed by atoms with Gasteiger partial charge < -0.3 is 10.2 Å². The van der Waals surface area contributed by atoms with Gasteiger partial charge in [0.2, 0.25) is 0 Å². The molecule has 0 radical (unpaired) electrons. The van der Waals surface area contributed by atoms with Crippen LogP contribution in [0.4, 0.5) is 0 Å². The fourth-order valence-electron chi connectivity index (χ4n) is 2.36. The second kappa shape index (κ2) is 4.83. The smallest absolute Gasteiger partial charge is 0.0543 e. The minimum Gasteiger partial charge on any atom is -0.396 e. The molecule has 0 saturated heterocycles. The van der Waals surface area contributed by atoms with Gasteiger partial charge in [-0.1, -0.05) is 13.3 Å². The molecule has 72 valence electrons. The molecule has 0 amide bonds. The average Bonchev–Trinajstić information content (AvgIpc) is 2.05. The van der Waals surface area contributed by atoms with Crippen LogP contribution in [-0.2, 0) is 0 Å². The first-order chi connectivity index (χ1) is 5.77. The van der Waals surface area contributed by atoms with E-state index >= 15 is 0 Å². The quantitative estimate of drug-likeness (QED) is 0.678. The Kier molecular flexibility index (Phi) is 4.02. The second-order valence-electron chi connectivity index (χ2n) is 3.91. The Bertz CT molecular complexity index is 125. The van der Waals surface area contributed by atoms with Crippen molar-refractivity contribution in [2.24, 2.45) is 11.8 Å². The van der Waals surface area contributed by atoms with Gasteiger partial charge >= 0.3 is 0 Å². The summed E-state index contributed by atoms with van der Waals surface area (Å²) in [7, 11) is 0. The highest BCUT2D eigenvalue weighted by Gasteiger charge is 2.27. The van der Waals surface area contributed by atoms with Gasteiger partial charge in [-0.3, -0.25) is 0 Å². The van der Waals surface area contributed by atoms with Crippen LogP contribution in [0.1, 0.15) is 39.0 Å². The van der Waals surface area contributed by atoms with Gasteiger partial charge in [0, 0.05) is 6.61 Å². The molecule has 2 heteroatoms. The van der Waals surface area contributed by atoms with Gasteiger partial charge in [-0.25, -0.2) is 0 Å². The summed E-state index contributed by atoms with van der Waals surface area (Å²) in [5.74, 6) is 1.30. The molecular weight excluding hydrogens is 152 g/mol. The zero-order valence-corrected chi connectivity index (χ0v) is 7.87. The number of aliphatic hydroxyl groups excluding tert-OH is 2. The van der Waals surface area contributed by atoms with Crippen LogP contribution in [0.3, 0.4) is 0 Å². The molecule has 0 aromatic heterocycles. The second-order valence-corrected chi connectivity index (χ2v) is 3.91. The molecule has 0 aromatic carbocycles. The molecule has 2 nitrogen and oxygen atoms in total. The highest BCUT2D eigenvalue weighted by molar-refractivity contribution is 4.78. The zero-order valence-electron chi connectivity index (χ0n) is 7.87. The maximum Gasteiger partial charge on any atom is 0.0543 e. The highest BCUT2D eigenvalue weighted by Crippen LogP contribution is 2.34. The maximum absolute atomic E-state index is 9.44. The number of hydrogen-bond donors (Lipinski definition) is 2. The van der Waals surface area contributed by atoms with E-state index in [0.29, 0.717) is 5.92 Å². The first kappa shape index (κ1) is 10.0. The molecule has 3 unspecified atom stereocenters. The van der Waals surface area contributed by atoms with Crippen molar-refractivity contribution < 1.29 is 10.2 Å². The van der Waals surface area contributed by atoms with E-state index in [1.165, 1.54) is 6.42 Å². The van der Waals surface area contributed by atoms with Crippen LogP contribution < -0.4 is 0 Å². The van der Waals surface area contributed by atoms with E-state index in [2.05, 4.69) is 6.92 Å². The van der Waals surface area contributed by atoms with Crippen LogP contribution in [0.5, 0.6) is 0 Å². The largest absolute Gasteiger partial charge is 0.396 e. The first-order valence-electron chi connectivity index (χ1n) is 5.06. The Balaban J connectivity index is 2.40. The van der Waals surface area contributed by atoms with Crippen LogP contribution in [0.2, 0.25) is 0 Å². The Morgan fingerprint density at radius 3 is 2.58 bits per heavy atom. The summed E-state index contributed by atoms with van der Waals surface area (Å²) in [5, 5.41) is 18.3. The molecule has 1 aliphatic rings. The SMILES string of the molecule is CCC1CCC(O)CC1CCO. The van der Waals surface area contributed by atoms with E-state index in [4.69, 9.17) is 5.11 Å². The summed E-state index contributed by atoms with van der Waals surface area (Å²) in [4.78, 5) is 0. The van der Waals surface area contributed by atoms with Crippen LogP contribution >= 0.6 is 0 Å². The average molecular weight is 172 g/mol. The third-order valence-electron chi connectivity index (χ3n) is 3.14. The van der Waals surface area contributed by atoms with Crippen LogP contribution in [0.15, 0.2) is 0 Å². The van der Waals surface area contributed by atoms with Crippen molar-refractivity contribution in [3.05, 3.63) is 0 Å². The maximum atomic E-state index is 9.44. The Hall–Kier alpha value is -0.0800. The van der Waals surface area contributed by atoms with E-state index in [0.717, 1.165) is 31.6 Å². The zero-order chi connectivity index (χ0) is 8.97. The molecule has 0 bridgehead atoms. The molecule has 0 aliphatic heterocycles. The Labute approximate surface area is 74.6 Å². The van der Waals surface area contributed by atoms with E-state index in [9.17, 15) is 5.11 Å². The van der Waals surface area contributed by atoms with Gasteiger partial charge in [0.05, 0.1) is 6.10 Å². The summed E-state index contributed by atoms with van der Waals surface area (Å²) in [6, 6.07) is 0. The van der Waals surface area contributed by atoms with Crippen molar-refractivity contribution in [3.8, 4) is 0 Å². The van der Waals surface area contributed by atoms with Gasteiger partial charge in [-0.2, -0.15) is 0 Å². The predicted octanol–water partition coefficient (Wildman–Crippen LogP) is 1.56. The van der Waals surface area contributed by atoms with Gasteiger partial charge in [0.25, 0.3) is 0 Å². The van der Waals surface area contributed by atoms with Crippen LogP contribution in [-0.4, -0.2) is 22.9 Å². The monoisotopic (exact) mass is 172 g/mol. The van der Waals surface area contributed by atoms with Gasteiger partial charge in [0.1, 0.15) is 0 Å². The summed E-state index contributed by atoms with van der Waals surface area (Å²) in [6.45, 7) is 2.47. The topological polar surface area (TPSA) is 40.5 Å². The van der Waals surface area contributed by atoms with E-state index in [-0.39, 0.29) is 12.7 Å². The molecule has 12 heavy (non-hydrogen) atoms. The van der Waals surface area contributed by atoms with Crippen LogP contribution in [0, 0.1) is 11.8 Å². The lowest BCUT2D eigenvalue weighted by molar-refractivity contribution is 0.0559. The third-order valence-corrected chi connectivity index (χ3v) is 3.14. The van der Waals surface area contributed by atoms with Crippen molar-refractivity contribution in [1.82, 2.24) is 0 Å². The highest BCUT2D eigenvalue weighted by atomic mass is 16.3. The fraction of sp³-hybridized carbons (Fsp3) is 1.00. The predicted molar refractivity (Wildman–Crippen MR) is 48.8 cm³/mol. The van der Waals surface area contributed by atoms with Crippen molar-refractivity contribution >= 4 is 0 Å². The van der Waals surface area contributed by atoms with Crippen molar-refractivity contribution in [2.75, 3.05) is 6.61 Å². The van der Waals surface area contributed by atoms with Gasteiger partial charge in [-0.15, -0.1) is 0 Å². The minimum absolute atomic E-state index is 0.107. The molecule has 0 heterocycles. The summed E-state index contributed by atoms with van der Waals surface area (Å²) in [5.41, 5.74) is 0.